The second-order valence-corrected chi connectivity index (χ2v) is 15.3. The van der Waals surface area contributed by atoms with E-state index >= 15 is 0 Å². The fourth-order valence-electron chi connectivity index (χ4n) is 7.07. The maximum atomic E-state index is 13.2. The van der Waals surface area contributed by atoms with Crippen LogP contribution in [0.15, 0.2) is 48.6 Å². The van der Waals surface area contributed by atoms with Gasteiger partial charge in [-0.05, 0) is 130 Å². The Morgan fingerprint density at radius 2 is 0.898 bits per heavy atom. The Bertz CT molecular complexity index is 784. The number of allylic oxidation sites excluding steroid dienone is 8. The van der Waals surface area contributed by atoms with E-state index in [0.29, 0.717) is 6.04 Å². The predicted molar refractivity (Wildman–Crippen MR) is 217 cm³/mol. The van der Waals surface area contributed by atoms with Crippen LogP contribution in [0, 0.1) is 5.92 Å². The molecule has 0 unspecified atom stereocenters. The normalized spacial score (nSPS) is 17.3. The van der Waals surface area contributed by atoms with Gasteiger partial charge in [-0.3, -0.25) is 4.79 Å². The number of nitrogens with zero attached hydrogens (tertiary/aromatic N) is 1. The molecule has 0 aromatic rings. The van der Waals surface area contributed by atoms with Crippen LogP contribution >= 0.6 is 0 Å². The number of carbonyl (C=O) groups excluding carboxylic acids is 1. The van der Waals surface area contributed by atoms with Crippen molar-refractivity contribution < 1.29 is 9.53 Å². The van der Waals surface area contributed by atoms with E-state index in [4.69, 9.17) is 4.74 Å². The summed E-state index contributed by atoms with van der Waals surface area (Å²) >= 11 is 0. The molecule has 0 radical (unpaired) electrons. The Morgan fingerprint density at radius 1 is 0.531 bits per heavy atom. The fourth-order valence-corrected chi connectivity index (χ4v) is 7.07. The Hall–Kier alpha value is -1.61. The van der Waals surface area contributed by atoms with Crippen LogP contribution in [0.5, 0.6) is 0 Å². The van der Waals surface area contributed by atoms with Gasteiger partial charge in [0.2, 0.25) is 0 Å². The molecule has 0 aliphatic heterocycles. The molecule has 0 N–H and O–H groups in total. The maximum Gasteiger partial charge on any atom is 0.309 e. The van der Waals surface area contributed by atoms with Crippen LogP contribution in [0.3, 0.4) is 0 Å². The van der Waals surface area contributed by atoms with Gasteiger partial charge in [0.25, 0.3) is 0 Å². The summed E-state index contributed by atoms with van der Waals surface area (Å²) in [6, 6.07) is 0.622. The van der Waals surface area contributed by atoms with Gasteiger partial charge >= 0.3 is 5.97 Å². The number of unbranched alkanes of at least 4 members (excludes halogenated alkanes) is 18. The first-order valence-corrected chi connectivity index (χ1v) is 21.5. The first kappa shape index (κ1) is 45.4. The van der Waals surface area contributed by atoms with Gasteiger partial charge in [0.15, 0.2) is 0 Å². The van der Waals surface area contributed by atoms with Crippen molar-refractivity contribution in [3.05, 3.63) is 48.6 Å². The monoisotopic (exact) mass is 682 g/mol. The molecule has 1 rings (SSSR count). The van der Waals surface area contributed by atoms with Gasteiger partial charge in [-0.25, -0.2) is 0 Å². The molecule has 49 heavy (non-hydrogen) atoms. The topological polar surface area (TPSA) is 29.5 Å². The Labute approximate surface area is 306 Å². The summed E-state index contributed by atoms with van der Waals surface area (Å²) in [7, 11) is 4.33. The van der Waals surface area contributed by atoms with Crippen molar-refractivity contribution in [1.82, 2.24) is 4.90 Å². The molecular weight excluding hydrogens is 599 g/mol. The molecule has 0 spiro atoms. The molecule has 3 heteroatoms. The minimum Gasteiger partial charge on any atom is -0.462 e. The molecule has 0 atom stereocenters. The van der Waals surface area contributed by atoms with Crippen molar-refractivity contribution >= 4 is 5.97 Å². The molecule has 0 heterocycles. The van der Waals surface area contributed by atoms with Gasteiger partial charge in [-0.1, -0.05) is 140 Å². The molecule has 284 valence electrons. The fraction of sp³-hybridized carbons (Fsp3) is 0.804. The van der Waals surface area contributed by atoms with Gasteiger partial charge in [0.1, 0.15) is 6.10 Å². The standard InChI is InChI=1S/C46H83NO2/c1-5-7-9-11-13-15-17-19-21-23-25-27-29-31-33-35-37-45(49-46(48)43-39-41-44(42-40-43)47(3)4)38-36-34-32-30-28-26-24-22-20-18-16-14-12-10-8-6-2/h13-16,19-22,43-45H,5-12,17-18,23-42H2,1-4H3/b15-13-,16-14-,21-19-,22-20-. The van der Waals surface area contributed by atoms with Gasteiger partial charge in [-0.15, -0.1) is 0 Å². The lowest BCUT2D eigenvalue weighted by Crippen LogP contribution is -2.35. The molecule has 0 amide bonds. The second-order valence-electron chi connectivity index (χ2n) is 15.3. The lowest BCUT2D eigenvalue weighted by Gasteiger charge is -2.32. The summed E-state index contributed by atoms with van der Waals surface area (Å²) in [6.45, 7) is 4.53. The number of esters is 1. The Kier molecular flexibility index (Phi) is 32.3. The van der Waals surface area contributed by atoms with E-state index in [0.717, 1.165) is 51.4 Å². The minimum absolute atomic E-state index is 0.0993. The molecule has 1 aliphatic carbocycles. The summed E-state index contributed by atoms with van der Waals surface area (Å²) < 4.78 is 6.26. The number of hydrogen-bond acceptors (Lipinski definition) is 3. The van der Waals surface area contributed by atoms with E-state index in [-0.39, 0.29) is 18.0 Å². The Balaban J connectivity index is 2.23. The lowest BCUT2D eigenvalue weighted by atomic mass is 9.85. The number of rotatable bonds is 33. The molecular formula is C46H83NO2. The van der Waals surface area contributed by atoms with Crippen LogP contribution in [0.25, 0.3) is 0 Å². The van der Waals surface area contributed by atoms with Gasteiger partial charge in [0, 0.05) is 6.04 Å². The predicted octanol–water partition coefficient (Wildman–Crippen LogP) is 14.4. The molecule has 0 bridgehead atoms. The summed E-state index contributed by atoms with van der Waals surface area (Å²) in [5.74, 6) is 0.215. The second kappa shape index (κ2) is 34.8. The van der Waals surface area contributed by atoms with Crippen molar-refractivity contribution in [2.24, 2.45) is 5.92 Å². The van der Waals surface area contributed by atoms with Crippen LogP contribution in [-0.2, 0) is 9.53 Å². The molecule has 0 saturated heterocycles. The largest absolute Gasteiger partial charge is 0.462 e. The number of carbonyl (C=O) groups is 1. The highest BCUT2D eigenvalue weighted by atomic mass is 16.5. The molecule has 1 saturated carbocycles. The highest BCUT2D eigenvalue weighted by Gasteiger charge is 2.29. The quantitative estimate of drug-likeness (QED) is 0.0392. The molecule has 3 nitrogen and oxygen atoms in total. The van der Waals surface area contributed by atoms with Crippen molar-refractivity contribution in [3.8, 4) is 0 Å². The van der Waals surface area contributed by atoms with Crippen molar-refractivity contribution in [2.75, 3.05) is 14.1 Å². The smallest absolute Gasteiger partial charge is 0.309 e. The zero-order valence-corrected chi connectivity index (χ0v) is 33.3. The Morgan fingerprint density at radius 3 is 1.29 bits per heavy atom. The van der Waals surface area contributed by atoms with Gasteiger partial charge in [-0.2, -0.15) is 0 Å². The van der Waals surface area contributed by atoms with E-state index < -0.39 is 0 Å². The third kappa shape index (κ3) is 28.7. The molecule has 0 aromatic heterocycles. The SMILES string of the molecule is CCCCC/C=C\C/C=C\CCCCCCCCC(CCCCCCCC/C=C\C/C=C\CCCCC)OC(=O)C1CCC(N(C)C)CC1. The van der Waals surface area contributed by atoms with E-state index in [1.54, 1.807) is 0 Å². The zero-order chi connectivity index (χ0) is 35.5. The molecule has 1 aliphatic rings. The van der Waals surface area contributed by atoms with Crippen LogP contribution < -0.4 is 0 Å². The van der Waals surface area contributed by atoms with Crippen LogP contribution in [0.1, 0.15) is 206 Å². The average Bonchev–Trinajstić information content (AvgIpc) is 3.11. The summed E-state index contributed by atoms with van der Waals surface area (Å²) in [4.78, 5) is 15.5. The van der Waals surface area contributed by atoms with Crippen molar-refractivity contribution in [1.29, 1.82) is 0 Å². The summed E-state index contributed by atoms with van der Waals surface area (Å²) in [6.07, 6.45) is 55.7. The number of ether oxygens (including phenoxy) is 1. The van der Waals surface area contributed by atoms with Crippen LogP contribution in [0.4, 0.5) is 0 Å². The lowest BCUT2D eigenvalue weighted by molar-refractivity contribution is -0.156. The first-order chi connectivity index (χ1) is 24.1. The van der Waals surface area contributed by atoms with Crippen LogP contribution in [0.2, 0.25) is 0 Å². The number of hydrogen-bond donors (Lipinski definition) is 0. The molecule has 1 fully saturated rings. The first-order valence-electron chi connectivity index (χ1n) is 21.5. The third-order valence-corrected chi connectivity index (χ3v) is 10.5. The summed E-state index contributed by atoms with van der Waals surface area (Å²) in [5, 5.41) is 0. The highest BCUT2D eigenvalue weighted by Crippen LogP contribution is 2.29. The minimum atomic E-state index is 0.0993. The summed E-state index contributed by atoms with van der Waals surface area (Å²) in [5.41, 5.74) is 0. The van der Waals surface area contributed by atoms with Crippen molar-refractivity contribution in [2.45, 2.75) is 219 Å². The van der Waals surface area contributed by atoms with Crippen molar-refractivity contribution in [3.63, 3.8) is 0 Å². The zero-order valence-electron chi connectivity index (χ0n) is 33.3. The highest BCUT2D eigenvalue weighted by molar-refractivity contribution is 5.72. The third-order valence-electron chi connectivity index (χ3n) is 10.5. The van der Waals surface area contributed by atoms with Gasteiger partial charge < -0.3 is 9.64 Å². The van der Waals surface area contributed by atoms with E-state index in [2.05, 4.69) is 81.5 Å². The van der Waals surface area contributed by atoms with E-state index in [1.807, 2.05) is 0 Å². The average molecular weight is 682 g/mol. The molecule has 0 aromatic carbocycles. The van der Waals surface area contributed by atoms with E-state index in [9.17, 15) is 4.79 Å². The van der Waals surface area contributed by atoms with Crippen LogP contribution in [-0.4, -0.2) is 37.1 Å². The van der Waals surface area contributed by atoms with E-state index in [1.165, 1.54) is 141 Å². The maximum absolute atomic E-state index is 13.2. The van der Waals surface area contributed by atoms with Gasteiger partial charge in [0.05, 0.1) is 5.92 Å².